The topological polar surface area (TPSA) is 110 Å². The third-order valence-electron chi connectivity index (χ3n) is 5.16. The van der Waals surface area contributed by atoms with Crippen LogP contribution in [0.1, 0.15) is 61.3 Å². The number of amides is 1. The van der Waals surface area contributed by atoms with Gasteiger partial charge in [-0.2, -0.15) is 4.98 Å². The maximum Gasteiger partial charge on any atom is 0.306 e. The van der Waals surface area contributed by atoms with Gasteiger partial charge in [0.1, 0.15) is 10.3 Å². The molecule has 10 heteroatoms. The monoisotopic (exact) mass is 468 g/mol. The van der Waals surface area contributed by atoms with Crippen LogP contribution in [-0.4, -0.2) is 55.4 Å². The molecule has 0 unspecified atom stereocenters. The van der Waals surface area contributed by atoms with Crippen molar-refractivity contribution in [2.75, 3.05) is 18.4 Å². The summed E-state index contributed by atoms with van der Waals surface area (Å²) < 4.78 is 6.06. The van der Waals surface area contributed by atoms with Crippen LogP contribution in [-0.2, 0) is 9.53 Å². The van der Waals surface area contributed by atoms with Crippen molar-refractivity contribution in [3.05, 3.63) is 40.8 Å². The first kappa shape index (κ1) is 23.0. The Morgan fingerprint density at radius 3 is 2.67 bits per heavy atom. The summed E-state index contributed by atoms with van der Waals surface area (Å²) in [4.78, 5) is 45.0. The number of thiazole rings is 1. The van der Waals surface area contributed by atoms with E-state index in [1.807, 2.05) is 52.8 Å². The van der Waals surface area contributed by atoms with Gasteiger partial charge in [-0.25, -0.2) is 9.97 Å². The van der Waals surface area contributed by atoms with E-state index in [4.69, 9.17) is 4.74 Å². The third kappa shape index (κ3) is 5.44. The molecule has 1 aliphatic heterocycles. The minimum absolute atomic E-state index is 0.0890. The number of ether oxygens (including phenoxy) is 1. The Labute approximate surface area is 196 Å². The second-order valence-corrected chi connectivity index (χ2v) is 10.5. The lowest BCUT2D eigenvalue weighted by atomic mass is 9.96. The summed E-state index contributed by atoms with van der Waals surface area (Å²) in [5.74, 6) is 0.00311. The number of anilines is 1. The first-order valence-electron chi connectivity index (χ1n) is 10.9. The van der Waals surface area contributed by atoms with Gasteiger partial charge >= 0.3 is 5.97 Å². The van der Waals surface area contributed by atoms with Crippen molar-refractivity contribution in [1.82, 2.24) is 24.8 Å². The number of esters is 1. The molecule has 4 heterocycles. The van der Waals surface area contributed by atoms with Gasteiger partial charge in [0.25, 0.3) is 5.91 Å². The molecule has 0 spiro atoms. The first-order valence-corrected chi connectivity index (χ1v) is 11.7. The van der Waals surface area contributed by atoms with Crippen LogP contribution in [0.3, 0.4) is 0 Å². The van der Waals surface area contributed by atoms with Crippen molar-refractivity contribution in [2.24, 2.45) is 5.92 Å². The minimum atomic E-state index is -0.511. The number of carbonyl (C=O) groups is 2. The fourth-order valence-corrected chi connectivity index (χ4v) is 4.51. The predicted octanol–water partition coefficient (Wildman–Crippen LogP) is 3.77. The van der Waals surface area contributed by atoms with Gasteiger partial charge in [-0.15, -0.1) is 11.3 Å². The molecule has 1 fully saturated rings. The summed E-state index contributed by atoms with van der Waals surface area (Å²) in [7, 11) is 0. The normalized spacial score (nSPS) is 15.2. The van der Waals surface area contributed by atoms with E-state index in [0.717, 1.165) is 10.7 Å². The molecule has 174 valence electrons. The zero-order valence-corrected chi connectivity index (χ0v) is 20.3. The van der Waals surface area contributed by atoms with E-state index < -0.39 is 5.60 Å². The van der Waals surface area contributed by atoms with Gasteiger partial charge in [0.2, 0.25) is 5.95 Å². The second-order valence-electron chi connectivity index (χ2n) is 9.27. The second kappa shape index (κ2) is 9.01. The molecule has 3 aromatic heterocycles. The van der Waals surface area contributed by atoms with Crippen LogP contribution >= 0.6 is 11.3 Å². The van der Waals surface area contributed by atoms with Gasteiger partial charge < -0.3 is 15.0 Å². The van der Waals surface area contributed by atoms with Crippen LogP contribution < -0.4 is 5.32 Å². The minimum Gasteiger partial charge on any atom is -0.460 e. The molecule has 0 radical (unpaired) electrons. The Morgan fingerprint density at radius 2 is 2.00 bits per heavy atom. The highest BCUT2D eigenvalue weighted by atomic mass is 32.1. The molecule has 1 N–H and O–H groups in total. The van der Waals surface area contributed by atoms with E-state index >= 15 is 0 Å². The smallest absolute Gasteiger partial charge is 0.306 e. The number of nitrogens with zero attached hydrogens (tertiary/aromatic N) is 5. The Hall–Kier alpha value is -3.14. The molecule has 1 amide bonds. The van der Waals surface area contributed by atoms with Crippen molar-refractivity contribution in [1.29, 1.82) is 0 Å². The molecule has 33 heavy (non-hydrogen) atoms. The van der Waals surface area contributed by atoms with Crippen molar-refractivity contribution in [3.63, 3.8) is 0 Å². The number of likely N-dealkylation sites (tertiary alicyclic amines) is 1. The molecule has 9 nitrogen and oxygen atoms in total. The highest BCUT2D eigenvalue weighted by Gasteiger charge is 2.35. The van der Waals surface area contributed by atoms with E-state index in [-0.39, 0.29) is 23.8 Å². The Balaban J connectivity index is 1.49. The number of fused-ring (bicyclic) bond motifs is 1. The van der Waals surface area contributed by atoms with Crippen LogP contribution in [0.15, 0.2) is 24.4 Å². The van der Waals surface area contributed by atoms with E-state index in [2.05, 4.69) is 25.3 Å². The largest absolute Gasteiger partial charge is 0.460 e. The molecule has 1 atom stereocenters. The lowest BCUT2D eigenvalue weighted by Crippen LogP contribution is -2.51. The Kier molecular flexibility index (Phi) is 6.29. The van der Waals surface area contributed by atoms with Gasteiger partial charge in [-0.05, 0) is 46.8 Å². The summed E-state index contributed by atoms with van der Waals surface area (Å²) in [5, 5.41) is 4.05. The lowest BCUT2D eigenvalue weighted by molar-refractivity contribution is -0.157. The molecule has 3 aromatic rings. The van der Waals surface area contributed by atoms with Gasteiger partial charge in [-0.1, -0.05) is 6.07 Å². The first-order chi connectivity index (χ1) is 15.6. The summed E-state index contributed by atoms with van der Waals surface area (Å²) in [5.41, 5.74) is 1.16. The standard InChI is InChI=1S/C23H28N6O3S/c1-13(16-8-6-7-9-24-16)25-22-27-18(19-20(28-22)26-14(2)33-19)21(31)29-11-15(12-29)10-17(30)32-23(3,4)5/h6-9,13,15H,10-12H2,1-5H3,(H,25,27,28)/t13-/m0/s1. The molecular formula is C23H28N6O3S. The van der Waals surface area contributed by atoms with E-state index in [9.17, 15) is 9.59 Å². The van der Waals surface area contributed by atoms with E-state index in [1.54, 1.807) is 11.1 Å². The number of hydrogen-bond donors (Lipinski definition) is 1. The molecular weight excluding hydrogens is 440 g/mol. The maximum absolute atomic E-state index is 13.3. The highest BCUT2D eigenvalue weighted by molar-refractivity contribution is 7.18. The summed E-state index contributed by atoms with van der Waals surface area (Å²) in [6.07, 6.45) is 2.03. The summed E-state index contributed by atoms with van der Waals surface area (Å²) in [6.45, 7) is 10.4. The SMILES string of the molecule is Cc1nc2nc(N[C@@H](C)c3ccccn3)nc(C(=O)N3CC(CC(=O)OC(C)(C)C)C3)c2s1. The van der Waals surface area contributed by atoms with Crippen molar-refractivity contribution in [2.45, 2.75) is 52.7 Å². The van der Waals surface area contributed by atoms with Crippen LogP contribution in [0.4, 0.5) is 5.95 Å². The fraction of sp³-hybridized carbons (Fsp3) is 0.478. The quantitative estimate of drug-likeness (QED) is 0.545. The van der Waals surface area contributed by atoms with Crippen LogP contribution in [0.25, 0.3) is 10.3 Å². The van der Waals surface area contributed by atoms with Gasteiger partial charge in [0.05, 0.1) is 23.2 Å². The Morgan fingerprint density at radius 1 is 1.24 bits per heavy atom. The van der Waals surface area contributed by atoms with Crippen LogP contribution in [0.5, 0.6) is 0 Å². The molecule has 1 saturated heterocycles. The maximum atomic E-state index is 13.3. The number of pyridine rings is 1. The zero-order valence-electron chi connectivity index (χ0n) is 19.5. The van der Waals surface area contributed by atoms with Gasteiger partial charge in [-0.3, -0.25) is 14.6 Å². The summed E-state index contributed by atoms with van der Waals surface area (Å²) >= 11 is 1.40. The van der Waals surface area contributed by atoms with Crippen LogP contribution in [0.2, 0.25) is 0 Å². The number of nitrogens with one attached hydrogen (secondary N) is 1. The van der Waals surface area contributed by atoms with Crippen LogP contribution in [0, 0.1) is 12.8 Å². The lowest BCUT2D eigenvalue weighted by Gasteiger charge is -2.39. The highest BCUT2D eigenvalue weighted by Crippen LogP contribution is 2.29. The number of aryl methyl sites for hydroxylation is 1. The molecule has 1 aliphatic rings. The predicted molar refractivity (Wildman–Crippen MR) is 126 cm³/mol. The zero-order chi connectivity index (χ0) is 23.8. The molecule has 0 aromatic carbocycles. The average Bonchev–Trinajstić information content (AvgIpc) is 3.08. The van der Waals surface area contributed by atoms with Gasteiger partial charge in [0.15, 0.2) is 11.3 Å². The molecule has 0 aliphatic carbocycles. The molecule has 0 saturated carbocycles. The number of rotatable bonds is 6. The number of aromatic nitrogens is 4. The Bertz CT molecular complexity index is 1170. The van der Waals surface area contributed by atoms with Gasteiger partial charge in [0, 0.05) is 25.2 Å². The molecule has 0 bridgehead atoms. The van der Waals surface area contributed by atoms with E-state index in [0.29, 0.717) is 41.5 Å². The summed E-state index contributed by atoms with van der Waals surface area (Å²) in [6, 6.07) is 5.55. The number of hydrogen-bond acceptors (Lipinski definition) is 9. The van der Waals surface area contributed by atoms with Crippen molar-refractivity contribution >= 4 is 39.5 Å². The van der Waals surface area contributed by atoms with E-state index in [1.165, 1.54) is 11.3 Å². The molecule has 4 rings (SSSR count). The number of carbonyl (C=O) groups excluding carboxylic acids is 2. The average molecular weight is 469 g/mol. The fourth-order valence-electron chi connectivity index (χ4n) is 3.67. The third-order valence-corrected chi connectivity index (χ3v) is 6.13. The van der Waals surface area contributed by atoms with Crippen molar-refractivity contribution < 1.29 is 14.3 Å². The van der Waals surface area contributed by atoms with Crippen molar-refractivity contribution in [3.8, 4) is 0 Å².